The maximum atomic E-state index is 11.9. The van der Waals surface area contributed by atoms with Gasteiger partial charge >= 0.3 is 0 Å². The second-order valence-corrected chi connectivity index (χ2v) is 5.06. The summed E-state index contributed by atoms with van der Waals surface area (Å²) in [6, 6.07) is 11.3. The van der Waals surface area contributed by atoms with E-state index in [0.717, 1.165) is 29.7 Å². The number of benzene rings is 1. The molecule has 0 fully saturated rings. The van der Waals surface area contributed by atoms with Gasteiger partial charge in [0.2, 0.25) is 5.88 Å². The molecule has 0 unspecified atom stereocenters. The number of aromatic nitrogens is 1. The number of carbonyl (C=O) groups excluding carboxylic acids is 1. The number of Topliss-reactive ketones (excluding diaryl/α,β-unsaturated/α-hetero) is 1. The Morgan fingerprint density at radius 1 is 1.19 bits per heavy atom. The lowest BCUT2D eigenvalue weighted by Crippen LogP contribution is -2.11. The van der Waals surface area contributed by atoms with Gasteiger partial charge in [-0.25, -0.2) is 4.98 Å². The highest BCUT2D eigenvalue weighted by Gasteiger charge is 2.17. The minimum Gasteiger partial charge on any atom is -0.487 e. The number of hydrogen-bond acceptors (Lipinski definition) is 4. The monoisotopic (exact) mass is 283 g/mol. The first-order valence-electron chi connectivity index (χ1n) is 7.05. The molecule has 0 radical (unpaired) electrons. The topological polar surface area (TPSA) is 48.4 Å². The summed E-state index contributed by atoms with van der Waals surface area (Å²) < 4.78 is 10.8. The van der Waals surface area contributed by atoms with Gasteiger partial charge in [-0.15, -0.1) is 0 Å². The fraction of sp³-hybridized carbons (Fsp3) is 0.294. The SMILES string of the molecule is COc1cccc(COc2ccc3c(c2)C(=O)CCC3)n1. The minimum atomic E-state index is 0.209. The highest BCUT2D eigenvalue weighted by atomic mass is 16.5. The van der Waals surface area contributed by atoms with Crippen molar-refractivity contribution >= 4 is 5.78 Å². The van der Waals surface area contributed by atoms with Gasteiger partial charge in [-0.3, -0.25) is 4.79 Å². The Balaban J connectivity index is 1.73. The normalized spacial score (nSPS) is 13.7. The van der Waals surface area contributed by atoms with E-state index in [1.165, 1.54) is 0 Å². The van der Waals surface area contributed by atoms with Crippen molar-refractivity contribution in [2.45, 2.75) is 25.9 Å². The number of methoxy groups -OCH3 is 1. The molecule has 2 aromatic rings. The van der Waals surface area contributed by atoms with Gasteiger partial charge in [0.05, 0.1) is 12.8 Å². The summed E-state index contributed by atoms with van der Waals surface area (Å²) in [5.41, 5.74) is 2.72. The maximum absolute atomic E-state index is 11.9. The van der Waals surface area contributed by atoms with E-state index in [4.69, 9.17) is 9.47 Å². The Labute approximate surface area is 123 Å². The molecule has 0 spiro atoms. The van der Waals surface area contributed by atoms with Gasteiger partial charge < -0.3 is 9.47 Å². The number of ether oxygens (including phenoxy) is 2. The van der Waals surface area contributed by atoms with E-state index in [2.05, 4.69) is 4.98 Å². The fourth-order valence-corrected chi connectivity index (χ4v) is 2.51. The molecule has 1 aromatic carbocycles. The van der Waals surface area contributed by atoms with Crippen LogP contribution in [0.25, 0.3) is 0 Å². The number of aryl methyl sites for hydroxylation is 1. The van der Waals surface area contributed by atoms with Crippen LogP contribution in [0.1, 0.15) is 34.5 Å². The highest BCUT2D eigenvalue weighted by molar-refractivity contribution is 5.98. The second-order valence-electron chi connectivity index (χ2n) is 5.06. The van der Waals surface area contributed by atoms with Gasteiger partial charge in [-0.05, 0) is 36.6 Å². The number of rotatable bonds is 4. The van der Waals surface area contributed by atoms with Gasteiger partial charge in [0, 0.05) is 18.1 Å². The van der Waals surface area contributed by atoms with Crippen molar-refractivity contribution in [3.8, 4) is 11.6 Å². The fourth-order valence-electron chi connectivity index (χ4n) is 2.51. The molecule has 3 rings (SSSR count). The van der Waals surface area contributed by atoms with Crippen LogP contribution >= 0.6 is 0 Å². The number of fused-ring (bicyclic) bond motifs is 1. The van der Waals surface area contributed by atoms with Crippen LogP contribution in [-0.2, 0) is 13.0 Å². The van der Waals surface area contributed by atoms with Crippen molar-refractivity contribution in [2.24, 2.45) is 0 Å². The van der Waals surface area contributed by atoms with Gasteiger partial charge in [0.25, 0.3) is 0 Å². The minimum absolute atomic E-state index is 0.209. The van der Waals surface area contributed by atoms with Crippen LogP contribution in [-0.4, -0.2) is 17.9 Å². The summed E-state index contributed by atoms with van der Waals surface area (Å²) >= 11 is 0. The van der Waals surface area contributed by atoms with Crippen molar-refractivity contribution < 1.29 is 14.3 Å². The number of nitrogens with zero attached hydrogens (tertiary/aromatic N) is 1. The van der Waals surface area contributed by atoms with Crippen molar-refractivity contribution in [2.75, 3.05) is 7.11 Å². The Kier molecular flexibility index (Phi) is 3.86. The third-order valence-corrected chi connectivity index (χ3v) is 3.61. The number of pyridine rings is 1. The van der Waals surface area contributed by atoms with E-state index < -0.39 is 0 Å². The van der Waals surface area contributed by atoms with Gasteiger partial charge in [-0.1, -0.05) is 12.1 Å². The predicted octanol–water partition coefficient (Wildman–Crippen LogP) is 3.19. The Hall–Kier alpha value is -2.36. The maximum Gasteiger partial charge on any atom is 0.213 e. The molecule has 0 aliphatic heterocycles. The quantitative estimate of drug-likeness (QED) is 0.864. The van der Waals surface area contributed by atoms with Crippen LogP contribution in [0.15, 0.2) is 36.4 Å². The van der Waals surface area contributed by atoms with Crippen molar-refractivity contribution in [1.29, 1.82) is 0 Å². The molecule has 1 aromatic heterocycles. The largest absolute Gasteiger partial charge is 0.487 e. The molecule has 4 nitrogen and oxygen atoms in total. The first-order valence-corrected chi connectivity index (χ1v) is 7.05. The number of hydrogen-bond donors (Lipinski definition) is 0. The zero-order valence-corrected chi connectivity index (χ0v) is 12.0. The molecular formula is C17H17NO3. The molecule has 0 saturated carbocycles. The van der Waals surface area contributed by atoms with E-state index in [9.17, 15) is 4.79 Å². The number of carbonyl (C=O) groups is 1. The zero-order chi connectivity index (χ0) is 14.7. The van der Waals surface area contributed by atoms with Gasteiger partial charge in [0.1, 0.15) is 12.4 Å². The summed E-state index contributed by atoms with van der Waals surface area (Å²) in [7, 11) is 1.59. The lowest BCUT2D eigenvalue weighted by Gasteiger charge is -2.15. The first-order chi connectivity index (χ1) is 10.3. The smallest absolute Gasteiger partial charge is 0.213 e. The number of ketones is 1. The van der Waals surface area contributed by atoms with Crippen molar-refractivity contribution in [3.05, 3.63) is 53.2 Å². The Bertz CT molecular complexity index is 667. The van der Waals surface area contributed by atoms with Crippen LogP contribution < -0.4 is 9.47 Å². The molecule has 1 aliphatic rings. The predicted molar refractivity (Wildman–Crippen MR) is 78.8 cm³/mol. The third-order valence-electron chi connectivity index (χ3n) is 3.61. The molecule has 0 amide bonds. The van der Waals surface area contributed by atoms with Crippen molar-refractivity contribution in [1.82, 2.24) is 4.98 Å². The van der Waals surface area contributed by atoms with Gasteiger partial charge in [-0.2, -0.15) is 0 Å². The first kappa shape index (κ1) is 13.6. The average molecular weight is 283 g/mol. The van der Waals surface area contributed by atoms with Crippen LogP contribution in [0.2, 0.25) is 0 Å². The summed E-state index contributed by atoms with van der Waals surface area (Å²) in [6.45, 7) is 0.351. The third kappa shape index (κ3) is 3.05. The van der Waals surface area contributed by atoms with E-state index in [1.54, 1.807) is 13.2 Å². The van der Waals surface area contributed by atoms with E-state index >= 15 is 0 Å². The molecule has 0 N–H and O–H groups in total. The Morgan fingerprint density at radius 3 is 2.95 bits per heavy atom. The molecule has 0 atom stereocenters. The standard InChI is InChI=1S/C17H17NO3/c1-20-17-7-3-5-13(18-17)11-21-14-9-8-12-4-2-6-16(19)15(12)10-14/h3,5,7-10H,2,4,6,11H2,1H3. The van der Waals surface area contributed by atoms with E-state index in [-0.39, 0.29) is 5.78 Å². The lowest BCUT2D eigenvalue weighted by atomic mass is 9.90. The van der Waals surface area contributed by atoms with Crippen LogP contribution in [0.4, 0.5) is 0 Å². The van der Waals surface area contributed by atoms with Crippen LogP contribution in [0, 0.1) is 0 Å². The lowest BCUT2D eigenvalue weighted by molar-refractivity contribution is 0.0972. The van der Waals surface area contributed by atoms with Crippen LogP contribution in [0.5, 0.6) is 11.6 Å². The zero-order valence-electron chi connectivity index (χ0n) is 12.0. The molecule has 21 heavy (non-hydrogen) atoms. The van der Waals surface area contributed by atoms with E-state index in [1.807, 2.05) is 30.3 Å². The van der Waals surface area contributed by atoms with E-state index in [0.29, 0.717) is 24.7 Å². The second kappa shape index (κ2) is 5.95. The molecular weight excluding hydrogens is 266 g/mol. The van der Waals surface area contributed by atoms with Gasteiger partial charge in [0.15, 0.2) is 5.78 Å². The molecule has 0 saturated heterocycles. The molecule has 1 heterocycles. The van der Waals surface area contributed by atoms with Crippen molar-refractivity contribution in [3.63, 3.8) is 0 Å². The highest BCUT2D eigenvalue weighted by Crippen LogP contribution is 2.25. The van der Waals surface area contributed by atoms with Crippen LogP contribution in [0.3, 0.4) is 0 Å². The average Bonchev–Trinajstić information content (AvgIpc) is 2.54. The summed E-state index contributed by atoms with van der Waals surface area (Å²) in [6.07, 6.45) is 2.55. The summed E-state index contributed by atoms with van der Waals surface area (Å²) in [5.74, 6) is 1.48. The summed E-state index contributed by atoms with van der Waals surface area (Å²) in [4.78, 5) is 16.2. The molecule has 0 bridgehead atoms. The molecule has 1 aliphatic carbocycles. The Morgan fingerprint density at radius 2 is 2.10 bits per heavy atom. The molecule has 4 heteroatoms. The summed E-state index contributed by atoms with van der Waals surface area (Å²) in [5, 5.41) is 0. The molecule has 108 valence electrons.